The highest BCUT2D eigenvalue weighted by atomic mass is 32.2. The van der Waals surface area contributed by atoms with E-state index in [-0.39, 0.29) is 16.9 Å². The Bertz CT molecular complexity index is 834. The quantitative estimate of drug-likeness (QED) is 0.769. The maximum Gasteiger partial charge on any atom is 0.416 e. The van der Waals surface area contributed by atoms with Gasteiger partial charge in [0.2, 0.25) is 11.8 Å². The van der Waals surface area contributed by atoms with E-state index in [0.29, 0.717) is 11.4 Å². The zero-order valence-corrected chi connectivity index (χ0v) is 15.6. The van der Waals surface area contributed by atoms with Crippen LogP contribution in [0.25, 0.3) is 5.57 Å². The van der Waals surface area contributed by atoms with E-state index in [1.807, 2.05) is 6.08 Å². The van der Waals surface area contributed by atoms with Gasteiger partial charge in [-0.1, -0.05) is 12.1 Å². The van der Waals surface area contributed by atoms with Crippen LogP contribution < -0.4 is 14.8 Å². The molecule has 9 heteroatoms. The predicted octanol–water partition coefficient (Wildman–Crippen LogP) is 4.04. The van der Waals surface area contributed by atoms with E-state index in [9.17, 15) is 13.2 Å². The van der Waals surface area contributed by atoms with Crippen molar-refractivity contribution >= 4 is 17.3 Å². The number of nitrogens with zero attached hydrogens (tertiary/aromatic N) is 2. The summed E-state index contributed by atoms with van der Waals surface area (Å²) in [6.45, 7) is 1.46. The van der Waals surface area contributed by atoms with Gasteiger partial charge in [-0.25, -0.2) is 0 Å². The van der Waals surface area contributed by atoms with Gasteiger partial charge >= 0.3 is 6.18 Å². The molecule has 1 aliphatic heterocycles. The predicted molar refractivity (Wildman–Crippen MR) is 96.2 cm³/mol. The number of ether oxygens (including phenoxy) is 2. The minimum atomic E-state index is -4.43. The van der Waals surface area contributed by atoms with Crippen molar-refractivity contribution in [2.75, 3.05) is 27.3 Å². The van der Waals surface area contributed by atoms with Crippen LogP contribution in [0.1, 0.15) is 17.5 Å². The molecule has 0 atom stereocenters. The number of halogens is 3. The fraction of sp³-hybridized carbons (Fsp3) is 0.333. The van der Waals surface area contributed by atoms with Crippen molar-refractivity contribution in [2.24, 2.45) is 0 Å². The molecule has 0 saturated heterocycles. The second-order valence-corrected chi connectivity index (χ2v) is 6.74. The first-order valence-corrected chi connectivity index (χ1v) is 8.98. The lowest BCUT2D eigenvalue weighted by Gasteiger charge is -2.18. The van der Waals surface area contributed by atoms with Crippen LogP contribution >= 0.6 is 11.8 Å². The number of alkyl halides is 3. The fourth-order valence-corrected chi connectivity index (χ4v) is 3.62. The second-order valence-electron chi connectivity index (χ2n) is 5.73. The molecule has 1 aromatic carbocycles. The Kier molecular flexibility index (Phi) is 5.91. The number of hydrogen-bond donors (Lipinski definition) is 1. The van der Waals surface area contributed by atoms with E-state index in [1.54, 1.807) is 0 Å². The van der Waals surface area contributed by atoms with E-state index in [0.717, 1.165) is 48.0 Å². The molecule has 0 unspecified atom stereocenters. The second kappa shape index (κ2) is 8.18. The lowest BCUT2D eigenvalue weighted by atomic mass is 9.99. The van der Waals surface area contributed by atoms with Crippen LogP contribution in [-0.4, -0.2) is 37.3 Å². The molecule has 0 aliphatic carbocycles. The number of benzene rings is 1. The first-order chi connectivity index (χ1) is 12.9. The van der Waals surface area contributed by atoms with Gasteiger partial charge in [-0.2, -0.15) is 23.1 Å². The van der Waals surface area contributed by atoms with Crippen LogP contribution in [0, 0.1) is 0 Å². The Hall–Kier alpha value is -2.26. The highest BCUT2D eigenvalue weighted by Gasteiger charge is 2.31. The van der Waals surface area contributed by atoms with Crippen LogP contribution in [0.5, 0.6) is 11.8 Å². The molecular weight excluding hydrogens is 379 g/mol. The summed E-state index contributed by atoms with van der Waals surface area (Å²) in [5.41, 5.74) is 1.04. The van der Waals surface area contributed by atoms with Crippen molar-refractivity contribution in [3.8, 4) is 11.8 Å². The van der Waals surface area contributed by atoms with E-state index in [4.69, 9.17) is 9.47 Å². The summed E-state index contributed by atoms with van der Waals surface area (Å²) in [6, 6.07) is 5.26. The zero-order valence-electron chi connectivity index (χ0n) is 14.8. The minimum absolute atomic E-state index is 0.251. The standard InChI is InChI=1S/C18H18F3N3O2S/c1-25-15-10-16(26-2)24-17(23-15)27-14-9-12(18(19,20)21)3-4-13(14)11-5-7-22-8-6-11/h3-5,9-10,22H,6-8H2,1-2H3. The fourth-order valence-electron chi connectivity index (χ4n) is 2.65. The number of methoxy groups -OCH3 is 2. The topological polar surface area (TPSA) is 56.3 Å². The van der Waals surface area contributed by atoms with Crippen molar-refractivity contribution in [3.63, 3.8) is 0 Å². The van der Waals surface area contributed by atoms with Gasteiger partial charge in [-0.05, 0) is 48.0 Å². The van der Waals surface area contributed by atoms with Gasteiger partial charge in [-0.15, -0.1) is 0 Å². The maximum absolute atomic E-state index is 13.2. The summed E-state index contributed by atoms with van der Waals surface area (Å²) in [5, 5.41) is 3.45. The normalized spacial score (nSPS) is 14.6. The maximum atomic E-state index is 13.2. The number of hydrogen-bond acceptors (Lipinski definition) is 6. The Balaban J connectivity index is 2.05. The molecular formula is C18H18F3N3O2S. The van der Waals surface area contributed by atoms with E-state index in [2.05, 4.69) is 15.3 Å². The third kappa shape index (κ3) is 4.72. The summed E-state index contributed by atoms with van der Waals surface area (Å²) in [5.74, 6) is 0.554. The minimum Gasteiger partial charge on any atom is -0.481 e. The van der Waals surface area contributed by atoms with Crippen molar-refractivity contribution in [1.82, 2.24) is 15.3 Å². The van der Waals surface area contributed by atoms with Crippen LogP contribution in [0.3, 0.4) is 0 Å². The third-order valence-corrected chi connectivity index (χ3v) is 4.92. The molecule has 0 fully saturated rings. The van der Waals surface area contributed by atoms with E-state index < -0.39 is 11.7 Å². The molecule has 3 rings (SSSR count). The van der Waals surface area contributed by atoms with Gasteiger partial charge in [0, 0.05) is 11.4 Å². The van der Waals surface area contributed by atoms with Gasteiger partial charge < -0.3 is 14.8 Å². The highest BCUT2D eigenvalue weighted by Crippen LogP contribution is 2.39. The zero-order chi connectivity index (χ0) is 19.4. The van der Waals surface area contributed by atoms with Gasteiger partial charge in [-0.3, -0.25) is 0 Å². The van der Waals surface area contributed by atoms with Crippen molar-refractivity contribution in [2.45, 2.75) is 22.6 Å². The Labute approximate surface area is 159 Å². The van der Waals surface area contributed by atoms with Gasteiger partial charge in [0.05, 0.1) is 25.8 Å². The Morgan fingerprint density at radius 3 is 2.33 bits per heavy atom. The number of aromatic nitrogens is 2. The van der Waals surface area contributed by atoms with Crippen LogP contribution in [0.4, 0.5) is 13.2 Å². The average Bonchev–Trinajstić information content (AvgIpc) is 2.67. The summed E-state index contributed by atoms with van der Waals surface area (Å²) in [7, 11) is 2.90. The third-order valence-electron chi connectivity index (χ3n) is 4.00. The van der Waals surface area contributed by atoms with Crippen molar-refractivity contribution in [1.29, 1.82) is 0 Å². The molecule has 0 amide bonds. The summed E-state index contributed by atoms with van der Waals surface area (Å²) < 4.78 is 49.9. The van der Waals surface area contributed by atoms with Crippen LogP contribution in [0.2, 0.25) is 0 Å². The van der Waals surface area contributed by atoms with E-state index in [1.165, 1.54) is 26.4 Å². The smallest absolute Gasteiger partial charge is 0.416 e. The average molecular weight is 397 g/mol. The Morgan fingerprint density at radius 2 is 1.78 bits per heavy atom. The number of nitrogens with one attached hydrogen (secondary N) is 1. The van der Waals surface area contributed by atoms with Crippen LogP contribution in [0.15, 0.2) is 40.4 Å². The molecule has 27 heavy (non-hydrogen) atoms. The van der Waals surface area contributed by atoms with Gasteiger partial charge in [0.25, 0.3) is 0 Å². The lowest BCUT2D eigenvalue weighted by Crippen LogP contribution is -2.20. The highest BCUT2D eigenvalue weighted by molar-refractivity contribution is 7.99. The largest absolute Gasteiger partial charge is 0.481 e. The molecule has 2 aromatic rings. The molecule has 1 aromatic heterocycles. The molecule has 0 bridgehead atoms. The summed E-state index contributed by atoms with van der Waals surface area (Å²) in [4.78, 5) is 8.86. The first kappa shape index (κ1) is 19.5. The van der Waals surface area contributed by atoms with Gasteiger partial charge in [0.1, 0.15) is 0 Å². The number of rotatable bonds is 5. The lowest BCUT2D eigenvalue weighted by molar-refractivity contribution is -0.137. The Morgan fingerprint density at radius 1 is 1.07 bits per heavy atom. The molecule has 1 N–H and O–H groups in total. The van der Waals surface area contributed by atoms with Gasteiger partial charge in [0.15, 0.2) is 5.16 Å². The van der Waals surface area contributed by atoms with Crippen molar-refractivity contribution < 1.29 is 22.6 Å². The molecule has 0 spiro atoms. The van der Waals surface area contributed by atoms with E-state index >= 15 is 0 Å². The first-order valence-electron chi connectivity index (χ1n) is 8.17. The molecule has 5 nitrogen and oxygen atoms in total. The summed E-state index contributed by atoms with van der Waals surface area (Å²) in [6.07, 6.45) is -1.70. The molecule has 0 radical (unpaired) electrons. The summed E-state index contributed by atoms with van der Waals surface area (Å²) >= 11 is 1.05. The van der Waals surface area contributed by atoms with Crippen molar-refractivity contribution in [3.05, 3.63) is 41.5 Å². The molecule has 1 aliphatic rings. The molecule has 2 heterocycles. The monoisotopic (exact) mass is 397 g/mol. The van der Waals surface area contributed by atoms with Crippen LogP contribution in [-0.2, 0) is 6.18 Å². The molecule has 144 valence electrons. The molecule has 0 saturated carbocycles. The SMILES string of the molecule is COc1cc(OC)nc(Sc2cc(C(F)(F)F)ccc2C2=CCNCC2)n1.